The molecule has 3 unspecified atom stereocenters. The molecule has 1 aliphatic rings. The van der Waals surface area contributed by atoms with E-state index < -0.39 is 18.1 Å². The van der Waals surface area contributed by atoms with Crippen LogP contribution in [-0.2, 0) is 9.53 Å². The van der Waals surface area contributed by atoms with Crippen molar-refractivity contribution in [2.75, 3.05) is 6.61 Å². The highest BCUT2D eigenvalue weighted by molar-refractivity contribution is 5.86. The van der Waals surface area contributed by atoms with Crippen molar-refractivity contribution in [1.82, 2.24) is 0 Å². The Morgan fingerprint density at radius 2 is 2.08 bits per heavy atom. The summed E-state index contributed by atoms with van der Waals surface area (Å²) in [7, 11) is 0. The van der Waals surface area contributed by atoms with Crippen LogP contribution < -0.4 is 0 Å². The van der Waals surface area contributed by atoms with Gasteiger partial charge in [-0.25, -0.2) is 0 Å². The van der Waals surface area contributed by atoms with Crippen molar-refractivity contribution in [3.8, 4) is 0 Å². The Labute approximate surface area is 71.2 Å². The monoisotopic (exact) mass is 174 g/mol. The number of carbonyl (C=O) groups excluding carboxylic acids is 1. The highest BCUT2D eigenvalue weighted by Gasteiger charge is 2.39. The van der Waals surface area contributed by atoms with Crippen LogP contribution in [0.5, 0.6) is 0 Å². The molecule has 0 bridgehead atoms. The van der Waals surface area contributed by atoms with Crippen molar-refractivity contribution >= 4 is 5.78 Å². The van der Waals surface area contributed by atoms with E-state index in [0.717, 1.165) is 0 Å². The van der Waals surface area contributed by atoms with E-state index in [0.29, 0.717) is 0 Å². The number of ketones is 1. The van der Waals surface area contributed by atoms with E-state index in [2.05, 4.69) is 0 Å². The van der Waals surface area contributed by atoms with Gasteiger partial charge >= 0.3 is 0 Å². The fraction of sp³-hybridized carbons (Fsp3) is 0.875. The van der Waals surface area contributed by atoms with E-state index in [1.165, 1.54) is 0 Å². The zero-order valence-corrected chi connectivity index (χ0v) is 7.23. The number of carbonyl (C=O) groups is 1. The van der Waals surface area contributed by atoms with Gasteiger partial charge in [0.2, 0.25) is 0 Å². The lowest BCUT2D eigenvalue weighted by Gasteiger charge is -2.34. The lowest BCUT2D eigenvalue weighted by Crippen LogP contribution is -2.50. The summed E-state index contributed by atoms with van der Waals surface area (Å²) in [6, 6.07) is 0. The van der Waals surface area contributed by atoms with E-state index in [-0.39, 0.29) is 18.5 Å². The molecule has 4 atom stereocenters. The van der Waals surface area contributed by atoms with Crippen molar-refractivity contribution in [3.63, 3.8) is 0 Å². The van der Waals surface area contributed by atoms with Gasteiger partial charge < -0.3 is 14.9 Å². The minimum atomic E-state index is -0.751. The van der Waals surface area contributed by atoms with Crippen molar-refractivity contribution in [3.05, 3.63) is 0 Å². The van der Waals surface area contributed by atoms with Crippen LogP contribution in [0.4, 0.5) is 0 Å². The summed E-state index contributed by atoms with van der Waals surface area (Å²) >= 11 is 0. The molecule has 0 aromatic carbocycles. The summed E-state index contributed by atoms with van der Waals surface area (Å²) in [5, 5.41) is 18.2. The molecular formula is C8H14O4. The first-order chi connectivity index (χ1) is 5.57. The highest BCUT2D eigenvalue weighted by atomic mass is 16.5. The summed E-state index contributed by atoms with van der Waals surface area (Å²) in [6.45, 7) is 3.03. The molecule has 12 heavy (non-hydrogen) atoms. The van der Waals surface area contributed by atoms with Gasteiger partial charge in [0.15, 0.2) is 5.78 Å². The Bertz CT molecular complexity index is 176. The molecule has 4 nitrogen and oxygen atoms in total. The van der Waals surface area contributed by atoms with Gasteiger partial charge in [-0.1, -0.05) is 6.92 Å². The fourth-order valence-electron chi connectivity index (χ4n) is 1.41. The fourth-order valence-corrected chi connectivity index (χ4v) is 1.41. The second kappa shape index (κ2) is 3.51. The van der Waals surface area contributed by atoms with E-state index in [1.807, 2.05) is 0 Å². The molecule has 1 aliphatic heterocycles. The predicted molar refractivity (Wildman–Crippen MR) is 41.6 cm³/mol. The number of ether oxygens (including phenoxy) is 1. The number of aliphatic hydroxyl groups excluding tert-OH is 2. The first kappa shape index (κ1) is 9.64. The van der Waals surface area contributed by atoms with Gasteiger partial charge in [0, 0.05) is 5.92 Å². The molecule has 1 fully saturated rings. The van der Waals surface area contributed by atoms with Crippen LogP contribution in [0.15, 0.2) is 0 Å². The van der Waals surface area contributed by atoms with Gasteiger partial charge in [-0.15, -0.1) is 0 Å². The van der Waals surface area contributed by atoms with E-state index in [4.69, 9.17) is 9.84 Å². The molecule has 0 saturated carbocycles. The second-order valence-electron chi connectivity index (χ2n) is 3.19. The maximum Gasteiger partial charge on any atom is 0.169 e. The van der Waals surface area contributed by atoms with Crippen LogP contribution in [0.25, 0.3) is 0 Å². The molecule has 0 amide bonds. The Balaban J connectivity index is 2.70. The van der Waals surface area contributed by atoms with Crippen LogP contribution >= 0.6 is 0 Å². The smallest absolute Gasteiger partial charge is 0.169 e. The minimum absolute atomic E-state index is 0.219. The minimum Gasteiger partial charge on any atom is -0.393 e. The summed E-state index contributed by atoms with van der Waals surface area (Å²) < 4.78 is 5.08. The lowest BCUT2D eigenvalue weighted by molar-refractivity contribution is -0.170. The average molecular weight is 174 g/mol. The third-order valence-electron chi connectivity index (χ3n) is 2.30. The van der Waals surface area contributed by atoms with Crippen LogP contribution in [0, 0.1) is 5.92 Å². The summed E-state index contributed by atoms with van der Waals surface area (Å²) in [4.78, 5) is 11.3. The third kappa shape index (κ3) is 1.50. The zero-order chi connectivity index (χ0) is 9.30. The number of rotatable bonds is 1. The van der Waals surface area contributed by atoms with Crippen molar-refractivity contribution in [2.24, 2.45) is 5.92 Å². The third-order valence-corrected chi connectivity index (χ3v) is 2.30. The standard InChI is InChI=1S/C8H14O4/c1-4-7(10)5(2)12-6(3-9)8(4)11/h4-7,9-10H,3H2,1-2H3/t4?,5?,6?,7-/m1/s1. The Hall–Kier alpha value is -0.450. The van der Waals surface area contributed by atoms with Crippen molar-refractivity contribution < 1.29 is 19.7 Å². The molecular weight excluding hydrogens is 160 g/mol. The quantitative estimate of drug-likeness (QED) is 0.553. The summed E-state index contributed by atoms with van der Waals surface area (Å²) in [5.74, 6) is -0.658. The topological polar surface area (TPSA) is 66.8 Å². The SMILES string of the molecule is CC1OC(CO)C(=O)C(C)[C@H]1O. The molecule has 0 spiro atoms. The van der Waals surface area contributed by atoms with Crippen molar-refractivity contribution in [1.29, 1.82) is 0 Å². The van der Waals surface area contributed by atoms with Gasteiger partial charge in [-0.05, 0) is 6.92 Å². The first-order valence-corrected chi connectivity index (χ1v) is 4.06. The van der Waals surface area contributed by atoms with Crippen LogP contribution in [0.3, 0.4) is 0 Å². The lowest BCUT2D eigenvalue weighted by atomic mass is 9.90. The number of hydrogen-bond donors (Lipinski definition) is 2. The molecule has 1 rings (SSSR count). The molecule has 0 aromatic heterocycles. The highest BCUT2D eigenvalue weighted by Crippen LogP contribution is 2.21. The van der Waals surface area contributed by atoms with Gasteiger partial charge in [-0.2, -0.15) is 0 Å². The van der Waals surface area contributed by atoms with Crippen LogP contribution in [0.1, 0.15) is 13.8 Å². The van der Waals surface area contributed by atoms with Gasteiger partial charge in [0.05, 0.1) is 18.8 Å². The van der Waals surface area contributed by atoms with Crippen LogP contribution in [-0.4, -0.2) is 40.9 Å². The Kier molecular flexibility index (Phi) is 2.82. The maximum atomic E-state index is 11.3. The molecule has 1 saturated heterocycles. The molecule has 2 N–H and O–H groups in total. The first-order valence-electron chi connectivity index (χ1n) is 4.06. The number of Topliss-reactive ketones (excluding diaryl/α,β-unsaturated/α-hetero) is 1. The normalized spacial score (nSPS) is 43.2. The molecule has 0 radical (unpaired) electrons. The van der Waals surface area contributed by atoms with Crippen LogP contribution in [0.2, 0.25) is 0 Å². The van der Waals surface area contributed by atoms with Crippen molar-refractivity contribution in [2.45, 2.75) is 32.2 Å². The number of aliphatic hydroxyl groups is 2. The van der Waals surface area contributed by atoms with Gasteiger partial charge in [0.25, 0.3) is 0 Å². The molecule has 70 valence electrons. The van der Waals surface area contributed by atoms with Gasteiger partial charge in [-0.3, -0.25) is 4.79 Å². The summed E-state index contributed by atoms with van der Waals surface area (Å²) in [5.41, 5.74) is 0. The average Bonchev–Trinajstić information content (AvgIpc) is 2.08. The molecule has 4 heteroatoms. The van der Waals surface area contributed by atoms with E-state index in [9.17, 15) is 9.90 Å². The molecule has 0 aliphatic carbocycles. The predicted octanol–water partition coefficient (Wildman–Crippen LogP) is -0.668. The second-order valence-corrected chi connectivity index (χ2v) is 3.19. The van der Waals surface area contributed by atoms with Gasteiger partial charge in [0.1, 0.15) is 6.10 Å². The molecule has 0 aromatic rings. The Morgan fingerprint density at radius 1 is 1.50 bits per heavy atom. The zero-order valence-electron chi connectivity index (χ0n) is 7.23. The summed E-state index contributed by atoms with van der Waals surface area (Å²) in [6.07, 6.45) is -1.88. The maximum absolute atomic E-state index is 11.3. The molecule has 1 heterocycles. The van der Waals surface area contributed by atoms with E-state index >= 15 is 0 Å². The largest absolute Gasteiger partial charge is 0.393 e. The van der Waals surface area contributed by atoms with E-state index in [1.54, 1.807) is 13.8 Å². The Morgan fingerprint density at radius 3 is 2.58 bits per heavy atom. The number of hydrogen-bond acceptors (Lipinski definition) is 4.